The zero-order valence-electron chi connectivity index (χ0n) is 9.14. The van der Waals surface area contributed by atoms with E-state index in [-0.39, 0.29) is 0 Å². The molecule has 1 aromatic rings. The second-order valence-electron chi connectivity index (χ2n) is 3.18. The van der Waals surface area contributed by atoms with Crippen molar-refractivity contribution >= 4 is 28.5 Å². The van der Waals surface area contributed by atoms with Gasteiger partial charge in [-0.1, -0.05) is 35.5 Å². The zero-order chi connectivity index (χ0) is 12.0. The van der Waals surface area contributed by atoms with Crippen LogP contribution in [0, 0.1) is 11.5 Å². The molecular weight excluding hydrogens is 242 g/mol. The van der Waals surface area contributed by atoms with Gasteiger partial charge in [-0.3, -0.25) is 0 Å². The largest absolute Gasteiger partial charge is 0.349 e. The minimum atomic E-state index is 0.706. The zero-order valence-corrected chi connectivity index (χ0v) is 10.7. The molecule has 0 fully saturated rings. The maximum atomic E-state index is 8.52. The van der Waals surface area contributed by atoms with Gasteiger partial charge in [-0.05, 0) is 24.0 Å². The molecule has 0 heterocycles. The summed E-state index contributed by atoms with van der Waals surface area (Å²) < 4.78 is 0. The lowest BCUT2D eigenvalue weighted by Gasteiger charge is -2.18. The van der Waals surface area contributed by atoms with Crippen molar-refractivity contribution in [1.82, 2.24) is 4.90 Å². The topological polar surface area (TPSA) is 39.4 Å². The van der Waals surface area contributed by atoms with Crippen LogP contribution < -0.4 is 0 Å². The van der Waals surface area contributed by atoms with Crippen LogP contribution >= 0.6 is 23.4 Å². The van der Waals surface area contributed by atoms with Crippen LogP contribution in [0.5, 0.6) is 0 Å². The molecule has 0 aliphatic heterocycles. The van der Waals surface area contributed by atoms with Gasteiger partial charge in [-0.25, -0.2) is 0 Å². The van der Waals surface area contributed by atoms with Crippen molar-refractivity contribution in [3.8, 4) is 6.19 Å². The van der Waals surface area contributed by atoms with Gasteiger partial charge in [0.25, 0.3) is 0 Å². The third kappa shape index (κ3) is 3.76. The Morgan fingerprint density at radius 1 is 1.50 bits per heavy atom. The van der Waals surface area contributed by atoms with Crippen molar-refractivity contribution in [2.45, 2.75) is 6.54 Å². The van der Waals surface area contributed by atoms with Crippen molar-refractivity contribution in [2.24, 2.45) is 4.99 Å². The molecule has 0 atom stereocenters. The molecule has 0 saturated carbocycles. The molecule has 0 N–H and O–H groups in total. The average Bonchev–Trinajstić information content (AvgIpc) is 2.29. The van der Waals surface area contributed by atoms with Crippen LogP contribution in [0.3, 0.4) is 0 Å². The number of thioether (sulfide) groups is 1. The van der Waals surface area contributed by atoms with E-state index < -0.39 is 0 Å². The van der Waals surface area contributed by atoms with Gasteiger partial charge < -0.3 is 4.90 Å². The quantitative estimate of drug-likeness (QED) is 0.462. The molecule has 0 saturated heterocycles. The van der Waals surface area contributed by atoms with Crippen molar-refractivity contribution in [2.75, 3.05) is 13.3 Å². The highest BCUT2D eigenvalue weighted by atomic mass is 35.5. The number of rotatable bonds is 2. The Morgan fingerprint density at radius 2 is 2.12 bits per heavy atom. The molecule has 16 heavy (non-hydrogen) atoms. The summed E-state index contributed by atoms with van der Waals surface area (Å²) in [5, 5.41) is 9.95. The molecule has 5 heteroatoms. The fraction of sp³-hybridized carbons (Fsp3) is 0.273. The number of hydrogen-bond donors (Lipinski definition) is 0. The SMILES string of the molecule is CSC(=NC#N)N(C)Cc1ccc(Cl)cc1. The molecule has 1 aromatic carbocycles. The smallest absolute Gasteiger partial charge is 0.208 e. The summed E-state index contributed by atoms with van der Waals surface area (Å²) in [6.45, 7) is 0.707. The molecule has 0 aromatic heterocycles. The Bertz CT molecular complexity index is 408. The first-order valence-corrected chi connectivity index (χ1v) is 6.24. The minimum absolute atomic E-state index is 0.706. The molecule has 0 bridgehead atoms. The van der Waals surface area contributed by atoms with E-state index >= 15 is 0 Å². The second kappa shape index (κ2) is 6.41. The van der Waals surface area contributed by atoms with Gasteiger partial charge in [0.15, 0.2) is 5.17 Å². The lowest BCUT2D eigenvalue weighted by Crippen LogP contribution is -2.23. The first-order chi connectivity index (χ1) is 7.67. The number of halogens is 1. The minimum Gasteiger partial charge on any atom is -0.349 e. The second-order valence-corrected chi connectivity index (χ2v) is 4.39. The van der Waals surface area contributed by atoms with Crippen LogP contribution in [-0.2, 0) is 6.54 Å². The summed E-state index contributed by atoms with van der Waals surface area (Å²) in [6, 6.07) is 7.63. The molecule has 0 spiro atoms. The summed E-state index contributed by atoms with van der Waals surface area (Å²) in [5.74, 6) is 0. The van der Waals surface area contributed by atoms with E-state index in [9.17, 15) is 0 Å². The molecule has 0 unspecified atom stereocenters. The fourth-order valence-corrected chi connectivity index (χ4v) is 1.90. The van der Waals surface area contributed by atoms with Crippen LogP contribution in [0.4, 0.5) is 0 Å². The van der Waals surface area contributed by atoms with Gasteiger partial charge in [0, 0.05) is 18.6 Å². The van der Waals surface area contributed by atoms with E-state index in [0.717, 1.165) is 10.6 Å². The van der Waals surface area contributed by atoms with Gasteiger partial charge in [-0.15, -0.1) is 4.99 Å². The van der Waals surface area contributed by atoms with Crippen LogP contribution in [0.25, 0.3) is 0 Å². The molecule has 1 rings (SSSR count). The normalized spacial score (nSPS) is 11.0. The highest BCUT2D eigenvalue weighted by molar-refractivity contribution is 8.13. The first kappa shape index (κ1) is 12.9. The Labute approximate surface area is 105 Å². The number of amidine groups is 1. The Hall–Kier alpha value is -1.18. The number of hydrogen-bond acceptors (Lipinski definition) is 3. The summed E-state index contributed by atoms with van der Waals surface area (Å²) in [6.07, 6.45) is 3.70. The number of nitriles is 1. The van der Waals surface area contributed by atoms with E-state index in [4.69, 9.17) is 16.9 Å². The highest BCUT2D eigenvalue weighted by Crippen LogP contribution is 2.13. The maximum absolute atomic E-state index is 8.52. The van der Waals surface area contributed by atoms with E-state index in [2.05, 4.69) is 4.99 Å². The van der Waals surface area contributed by atoms with Crippen molar-refractivity contribution in [1.29, 1.82) is 5.26 Å². The van der Waals surface area contributed by atoms with Crippen molar-refractivity contribution < 1.29 is 0 Å². The third-order valence-electron chi connectivity index (χ3n) is 1.99. The number of nitrogens with zero attached hydrogens (tertiary/aromatic N) is 3. The number of benzene rings is 1. The monoisotopic (exact) mass is 253 g/mol. The fourth-order valence-electron chi connectivity index (χ4n) is 1.26. The Kier molecular flexibility index (Phi) is 5.17. The average molecular weight is 254 g/mol. The molecule has 3 nitrogen and oxygen atoms in total. The van der Waals surface area contributed by atoms with Crippen LogP contribution in [0.1, 0.15) is 5.56 Å². The van der Waals surface area contributed by atoms with Crippen molar-refractivity contribution in [3.05, 3.63) is 34.9 Å². The summed E-state index contributed by atoms with van der Waals surface area (Å²) in [5.41, 5.74) is 1.13. The van der Waals surface area contributed by atoms with Crippen LogP contribution in [-0.4, -0.2) is 23.4 Å². The van der Waals surface area contributed by atoms with Gasteiger partial charge in [0.1, 0.15) is 0 Å². The molecular formula is C11H12ClN3S. The highest BCUT2D eigenvalue weighted by Gasteiger charge is 2.05. The summed E-state index contributed by atoms with van der Waals surface area (Å²) in [4.78, 5) is 5.67. The third-order valence-corrected chi connectivity index (χ3v) is 3.01. The maximum Gasteiger partial charge on any atom is 0.208 e. The van der Waals surface area contributed by atoms with E-state index in [1.165, 1.54) is 11.8 Å². The lowest BCUT2D eigenvalue weighted by atomic mass is 10.2. The standard InChI is InChI=1S/C11H12ClN3S/c1-15(11(16-2)14-8-13)7-9-3-5-10(12)6-4-9/h3-6H,7H2,1-2H3. The Balaban J connectivity index is 2.71. The number of aliphatic imine (C=N–C) groups is 1. The van der Waals surface area contributed by atoms with E-state index in [1.807, 2.05) is 42.5 Å². The predicted octanol–water partition coefficient (Wildman–Crippen LogP) is 2.97. The van der Waals surface area contributed by atoms with E-state index in [0.29, 0.717) is 11.7 Å². The Morgan fingerprint density at radius 3 is 2.62 bits per heavy atom. The first-order valence-electron chi connectivity index (χ1n) is 4.63. The van der Waals surface area contributed by atoms with Gasteiger partial charge in [0.05, 0.1) is 0 Å². The van der Waals surface area contributed by atoms with Gasteiger partial charge in [0.2, 0.25) is 6.19 Å². The van der Waals surface area contributed by atoms with Crippen molar-refractivity contribution in [3.63, 3.8) is 0 Å². The summed E-state index contributed by atoms with van der Waals surface area (Å²) in [7, 11) is 1.90. The molecule has 84 valence electrons. The van der Waals surface area contributed by atoms with Crippen LogP contribution in [0.2, 0.25) is 5.02 Å². The van der Waals surface area contributed by atoms with Gasteiger partial charge >= 0.3 is 0 Å². The predicted molar refractivity (Wildman–Crippen MR) is 69.5 cm³/mol. The molecule has 0 aliphatic carbocycles. The molecule has 0 radical (unpaired) electrons. The van der Waals surface area contributed by atoms with Crippen LogP contribution in [0.15, 0.2) is 29.3 Å². The van der Waals surface area contributed by atoms with Gasteiger partial charge in [-0.2, -0.15) is 5.26 Å². The molecule has 0 aliphatic rings. The molecule has 0 amide bonds. The van der Waals surface area contributed by atoms with E-state index in [1.54, 1.807) is 6.19 Å². The summed E-state index contributed by atoms with van der Waals surface area (Å²) >= 11 is 7.26. The lowest BCUT2D eigenvalue weighted by molar-refractivity contribution is 0.511.